The number of ether oxygens (including phenoxy) is 1. The first-order chi connectivity index (χ1) is 13.1. The summed E-state index contributed by atoms with van der Waals surface area (Å²) < 4.78 is 19.2. The summed E-state index contributed by atoms with van der Waals surface area (Å²) in [4.78, 5) is 15.5. The molecule has 0 N–H and O–H groups in total. The zero-order valence-corrected chi connectivity index (χ0v) is 15.7. The largest absolute Gasteiger partial charge is 0.462 e. The van der Waals surface area contributed by atoms with E-state index in [4.69, 9.17) is 4.74 Å². The van der Waals surface area contributed by atoms with Gasteiger partial charge in [-0.2, -0.15) is 0 Å². The summed E-state index contributed by atoms with van der Waals surface area (Å²) >= 11 is 0. The van der Waals surface area contributed by atoms with E-state index in [1.165, 1.54) is 25.0 Å². The first-order valence-electron chi connectivity index (χ1n) is 9.82. The molecule has 4 rings (SSSR count). The highest BCUT2D eigenvalue weighted by molar-refractivity contribution is 5.78. The van der Waals surface area contributed by atoms with Gasteiger partial charge in [0.05, 0.1) is 5.92 Å². The van der Waals surface area contributed by atoms with Gasteiger partial charge in [-0.25, -0.2) is 4.39 Å². The van der Waals surface area contributed by atoms with Crippen LogP contribution in [0.15, 0.2) is 54.6 Å². The third-order valence-electron chi connectivity index (χ3n) is 6.18. The average Bonchev–Trinajstić information content (AvgIpc) is 2.89. The molecule has 0 amide bonds. The van der Waals surface area contributed by atoms with Gasteiger partial charge in [0.1, 0.15) is 11.9 Å². The van der Waals surface area contributed by atoms with E-state index in [0.717, 1.165) is 24.0 Å². The molecule has 4 atom stereocenters. The van der Waals surface area contributed by atoms with Crippen molar-refractivity contribution >= 4 is 5.97 Å². The van der Waals surface area contributed by atoms with E-state index in [9.17, 15) is 9.18 Å². The van der Waals surface area contributed by atoms with Crippen molar-refractivity contribution in [1.29, 1.82) is 0 Å². The van der Waals surface area contributed by atoms with Crippen molar-refractivity contribution < 1.29 is 13.9 Å². The van der Waals surface area contributed by atoms with Gasteiger partial charge >= 0.3 is 5.97 Å². The Kier molecular flexibility index (Phi) is 5.26. The molecule has 2 saturated heterocycles. The molecule has 0 saturated carbocycles. The highest BCUT2D eigenvalue weighted by Crippen LogP contribution is 2.36. The number of hydrogen-bond acceptors (Lipinski definition) is 3. The fraction of sp³-hybridized carbons (Fsp3) is 0.435. The first-order valence-corrected chi connectivity index (χ1v) is 9.82. The van der Waals surface area contributed by atoms with Crippen LogP contribution in [0.1, 0.15) is 42.7 Å². The van der Waals surface area contributed by atoms with Crippen molar-refractivity contribution in [3.8, 4) is 0 Å². The van der Waals surface area contributed by atoms with Crippen molar-refractivity contribution in [1.82, 2.24) is 4.90 Å². The van der Waals surface area contributed by atoms with Crippen LogP contribution in [0.5, 0.6) is 0 Å². The fourth-order valence-electron chi connectivity index (χ4n) is 4.58. The molecule has 142 valence electrons. The van der Waals surface area contributed by atoms with Gasteiger partial charge < -0.3 is 9.64 Å². The molecule has 0 aliphatic carbocycles. The maximum Gasteiger partial charge on any atom is 0.314 e. The summed E-state index contributed by atoms with van der Waals surface area (Å²) in [6, 6.07) is 17.2. The Labute approximate surface area is 160 Å². The van der Waals surface area contributed by atoms with Crippen LogP contribution in [0.25, 0.3) is 0 Å². The van der Waals surface area contributed by atoms with Crippen LogP contribution in [-0.4, -0.2) is 36.1 Å². The molecular weight excluding hydrogens is 341 g/mol. The van der Waals surface area contributed by atoms with E-state index in [1.807, 2.05) is 30.3 Å². The third kappa shape index (κ3) is 4.06. The van der Waals surface area contributed by atoms with Crippen molar-refractivity contribution in [2.45, 2.75) is 56.2 Å². The Hall–Kier alpha value is -2.20. The maximum atomic E-state index is 13.2. The Bertz CT molecular complexity index is 763. The van der Waals surface area contributed by atoms with Crippen LogP contribution in [0, 0.1) is 5.82 Å². The van der Waals surface area contributed by atoms with Crippen molar-refractivity contribution in [2.75, 3.05) is 7.05 Å². The van der Waals surface area contributed by atoms with E-state index < -0.39 is 0 Å². The predicted molar refractivity (Wildman–Crippen MR) is 103 cm³/mol. The molecule has 2 heterocycles. The second-order valence-corrected chi connectivity index (χ2v) is 7.87. The van der Waals surface area contributed by atoms with Crippen molar-refractivity contribution in [3.63, 3.8) is 0 Å². The number of rotatable bonds is 5. The Morgan fingerprint density at radius 1 is 1.07 bits per heavy atom. The Balaban J connectivity index is 1.49. The normalized spacial score (nSPS) is 25.9. The third-order valence-corrected chi connectivity index (χ3v) is 6.18. The number of fused-ring (bicyclic) bond motifs is 2. The van der Waals surface area contributed by atoms with Crippen molar-refractivity contribution in [2.24, 2.45) is 0 Å². The number of esters is 1. The minimum atomic E-state index is -0.367. The van der Waals surface area contributed by atoms with Crippen LogP contribution < -0.4 is 0 Å². The summed E-state index contributed by atoms with van der Waals surface area (Å²) in [6.07, 6.45) is 4.78. The summed E-state index contributed by atoms with van der Waals surface area (Å²) in [5.74, 6) is -0.798. The molecule has 4 heteroatoms. The first kappa shape index (κ1) is 18.2. The van der Waals surface area contributed by atoms with Crippen LogP contribution in [0.3, 0.4) is 0 Å². The Morgan fingerprint density at radius 3 is 2.33 bits per heavy atom. The SMILES string of the molecule is CN1[C@@H]2CC[C@H]1C[C@@H](OC(=O)C(Cc1ccc(F)cc1)c1ccccc1)C2. The van der Waals surface area contributed by atoms with Crippen LogP contribution in [-0.2, 0) is 16.0 Å². The topological polar surface area (TPSA) is 29.5 Å². The monoisotopic (exact) mass is 367 g/mol. The van der Waals surface area contributed by atoms with Gasteiger partial charge in [0.2, 0.25) is 0 Å². The number of piperidine rings is 1. The van der Waals surface area contributed by atoms with Crippen LogP contribution >= 0.6 is 0 Å². The molecular formula is C23H26FNO2. The van der Waals surface area contributed by atoms with Gasteiger partial charge in [-0.15, -0.1) is 0 Å². The summed E-state index contributed by atoms with van der Waals surface area (Å²) in [7, 11) is 2.18. The molecule has 2 aliphatic rings. The zero-order chi connectivity index (χ0) is 18.8. The van der Waals surface area contributed by atoms with E-state index in [0.29, 0.717) is 18.5 Å². The lowest BCUT2D eigenvalue weighted by Crippen LogP contribution is -2.43. The van der Waals surface area contributed by atoms with Crippen LogP contribution in [0.2, 0.25) is 0 Å². The minimum Gasteiger partial charge on any atom is -0.462 e. The van der Waals surface area contributed by atoms with E-state index in [2.05, 4.69) is 11.9 Å². The maximum absolute atomic E-state index is 13.2. The van der Waals surface area contributed by atoms with E-state index in [-0.39, 0.29) is 23.8 Å². The second-order valence-electron chi connectivity index (χ2n) is 7.87. The highest BCUT2D eigenvalue weighted by Gasteiger charge is 2.40. The highest BCUT2D eigenvalue weighted by atomic mass is 19.1. The number of carbonyl (C=O) groups excluding carboxylic acids is 1. The number of nitrogens with zero attached hydrogens (tertiary/aromatic N) is 1. The number of carbonyl (C=O) groups is 1. The van der Waals surface area contributed by atoms with Gasteiger partial charge in [0.25, 0.3) is 0 Å². The lowest BCUT2D eigenvalue weighted by atomic mass is 9.91. The molecule has 3 nitrogen and oxygen atoms in total. The number of hydrogen-bond donors (Lipinski definition) is 0. The lowest BCUT2D eigenvalue weighted by Gasteiger charge is -2.36. The summed E-state index contributed by atoms with van der Waals surface area (Å²) in [6.45, 7) is 0. The van der Waals surface area contributed by atoms with Crippen molar-refractivity contribution in [3.05, 3.63) is 71.5 Å². The van der Waals surface area contributed by atoms with Gasteiger partial charge in [-0.1, -0.05) is 42.5 Å². The molecule has 1 unspecified atom stereocenters. The molecule has 2 aromatic rings. The molecule has 2 aliphatic heterocycles. The zero-order valence-electron chi connectivity index (χ0n) is 15.7. The smallest absolute Gasteiger partial charge is 0.314 e. The average molecular weight is 367 g/mol. The Morgan fingerprint density at radius 2 is 1.70 bits per heavy atom. The molecule has 0 spiro atoms. The van der Waals surface area contributed by atoms with E-state index >= 15 is 0 Å². The summed E-state index contributed by atoms with van der Waals surface area (Å²) in [5, 5.41) is 0. The van der Waals surface area contributed by atoms with Gasteiger partial charge in [-0.3, -0.25) is 4.79 Å². The minimum absolute atomic E-state index is 0.00521. The molecule has 0 aromatic heterocycles. The van der Waals surface area contributed by atoms with Gasteiger partial charge in [0.15, 0.2) is 0 Å². The van der Waals surface area contributed by atoms with Crippen LogP contribution in [0.4, 0.5) is 4.39 Å². The van der Waals surface area contributed by atoms with E-state index in [1.54, 1.807) is 12.1 Å². The molecule has 0 radical (unpaired) electrons. The molecule has 27 heavy (non-hydrogen) atoms. The summed E-state index contributed by atoms with van der Waals surface area (Å²) in [5.41, 5.74) is 1.88. The fourth-order valence-corrected chi connectivity index (χ4v) is 4.58. The second kappa shape index (κ2) is 7.81. The molecule has 2 aromatic carbocycles. The predicted octanol–water partition coefficient (Wildman–Crippen LogP) is 4.32. The van der Waals surface area contributed by atoms with Gasteiger partial charge in [-0.05, 0) is 62.4 Å². The lowest BCUT2D eigenvalue weighted by molar-refractivity contribution is -0.154. The van der Waals surface area contributed by atoms with Gasteiger partial charge in [0, 0.05) is 12.1 Å². The molecule has 2 bridgehead atoms. The molecule has 2 fully saturated rings. The number of halogens is 1. The quantitative estimate of drug-likeness (QED) is 0.737. The number of benzene rings is 2. The standard InChI is InChI=1S/C23H26FNO2/c1-25-19-11-12-20(25)15-21(14-19)27-23(26)22(17-5-3-2-4-6-17)13-16-7-9-18(24)10-8-16/h2-10,19-22H,11-15H2,1H3/t19-,20+,21+,22?.